The number of carbonyl (C=O) groups is 1. The van der Waals surface area contributed by atoms with Crippen LogP contribution in [-0.2, 0) is 4.79 Å². The molecule has 3 heteroatoms. The first-order valence-corrected chi connectivity index (χ1v) is 5.49. The highest BCUT2D eigenvalue weighted by atomic mass is 16.4. The van der Waals surface area contributed by atoms with Crippen molar-refractivity contribution < 1.29 is 15.0 Å². The number of hydrogen-bond donors (Lipinski definition) is 2. The van der Waals surface area contributed by atoms with Gasteiger partial charge in [0.25, 0.3) is 0 Å². The van der Waals surface area contributed by atoms with Crippen LogP contribution in [0.5, 0.6) is 0 Å². The van der Waals surface area contributed by atoms with E-state index in [1.807, 2.05) is 27.7 Å². The van der Waals surface area contributed by atoms with Crippen LogP contribution in [0.3, 0.4) is 0 Å². The van der Waals surface area contributed by atoms with E-state index >= 15 is 0 Å². The lowest BCUT2D eigenvalue weighted by Crippen LogP contribution is -2.20. The molecule has 1 unspecified atom stereocenters. The maximum atomic E-state index is 10.3. The Kier molecular flexibility index (Phi) is 20.2. The highest BCUT2D eigenvalue weighted by Gasteiger charge is 2.15. The Hall–Kier alpha value is -1.35. The molecule has 0 rings (SSSR count). The number of hydrogen-bond acceptors (Lipinski definition) is 2. The van der Waals surface area contributed by atoms with Gasteiger partial charge in [0, 0.05) is 0 Å². The van der Waals surface area contributed by atoms with Gasteiger partial charge < -0.3 is 10.2 Å². The molecule has 0 aliphatic rings. The minimum atomic E-state index is -1.45. The molecule has 3 nitrogen and oxygen atoms in total. The second-order valence-corrected chi connectivity index (χ2v) is 2.12. The lowest BCUT2D eigenvalue weighted by atomic mass is 10.1. The van der Waals surface area contributed by atoms with Gasteiger partial charge in [0.2, 0.25) is 0 Å². The number of rotatable bonds is 4. The Labute approximate surface area is 98.8 Å². The Morgan fingerprint density at radius 2 is 1.69 bits per heavy atom. The summed E-state index contributed by atoms with van der Waals surface area (Å²) in [5.41, 5.74) is 0.349. The van der Waals surface area contributed by atoms with Crippen molar-refractivity contribution in [3.8, 4) is 0 Å². The molecule has 0 spiro atoms. The molecule has 0 fully saturated rings. The Morgan fingerprint density at radius 1 is 1.25 bits per heavy atom. The zero-order chi connectivity index (χ0) is 13.6. The second kappa shape index (κ2) is 16.1. The van der Waals surface area contributed by atoms with E-state index in [9.17, 15) is 4.79 Å². The first kappa shape index (κ1) is 20.1. The molecule has 0 saturated carbocycles. The number of carboxylic acids is 1. The van der Waals surface area contributed by atoms with Gasteiger partial charge in [0.1, 0.15) is 0 Å². The maximum Gasteiger partial charge on any atom is 0.337 e. The molecule has 0 aliphatic carbocycles. The third-order valence-electron chi connectivity index (χ3n) is 1.31. The van der Waals surface area contributed by atoms with Gasteiger partial charge >= 0.3 is 5.97 Å². The fraction of sp³-hybridized carbons (Fsp3) is 0.462. The van der Waals surface area contributed by atoms with Crippen LogP contribution in [0.25, 0.3) is 0 Å². The Morgan fingerprint density at radius 3 is 1.94 bits per heavy atom. The van der Waals surface area contributed by atoms with Crippen LogP contribution in [0.2, 0.25) is 0 Å². The predicted octanol–water partition coefficient (Wildman–Crippen LogP) is 3.17. The molecule has 0 aromatic heterocycles. The molecule has 1 atom stereocenters. The first-order chi connectivity index (χ1) is 7.63. The van der Waals surface area contributed by atoms with Crippen molar-refractivity contribution in [2.75, 3.05) is 0 Å². The number of allylic oxidation sites excluding steroid dienone is 3. The molecule has 16 heavy (non-hydrogen) atoms. The number of aliphatic carboxylic acids is 1. The molecule has 0 saturated heterocycles. The molecule has 0 radical (unpaired) electrons. The molecular weight excluding hydrogens is 204 g/mol. The van der Waals surface area contributed by atoms with Gasteiger partial charge in [-0.1, -0.05) is 58.6 Å². The van der Waals surface area contributed by atoms with Crippen LogP contribution in [0.4, 0.5) is 0 Å². The van der Waals surface area contributed by atoms with Gasteiger partial charge in [-0.2, -0.15) is 0 Å². The molecule has 0 bridgehead atoms. The van der Waals surface area contributed by atoms with Crippen molar-refractivity contribution in [2.45, 2.75) is 40.7 Å². The molecular formula is C13H24O3. The van der Waals surface area contributed by atoms with E-state index in [2.05, 4.69) is 6.58 Å². The summed E-state index contributed by atoms with van der Waals surface area (Å²) in [5, 5.41) is 17.5. The van der Waals surface area contributed by atoms with Crippen LogP contribution in [0.15, 0.2) is 36.5 Å². The summed E-state index contributed by atoms with van der Waals surface area (Å²) in [6.45, 7) is 13.1. The van der Waals surface area contributed by atoms with Gasteiger partial charge in [0.05, 0.1) is 0 Å². The highest BCUT2D eigenvalue weighted by molar-refractivity contribution is 5.76. The zero-order valence-corrected chi connectivity index (χ0v) is 10.9. The van der Waals surface area contributed by atoms with E-state index in [4.69, 9.17) is 10.2 Å². The quantitative estimate of drug-likeness (QED) is 0.727. The van der Waals surface area contributed by atoms with Crippen LogP contribution in [0, 0.1) is 0 Å². The van der Waals surface area contributed by atoms with E-state index in [1.54, 1.807) is 19.1 Å². The van der Waals surface area contributed by atoms with Gasteiger partial charge in [-0.05, 0) is 12.5 Å². The largest absolute Gasteiger partial charge is 0.479 e. The molecule has 0 aromatic rings. The molecule has 0 heterocycles. The fourth-order valence-corrected chi connectivity index (χ4v) is 0.667. The summed E-state index contributed by atoms with van der Waals surface area (Å²) in [6.07, 6.45) is 4.68. The zero-order valence-electron chi connectivity index (χ0n) is 10.9. The number of carboxylic acid groups (broad SMARTS) is 1. The van der Waals surface area contributed by atoms with Gasteiger partial charge in [-0.3, -0.25) is 0 Å². The van der Waals surface area contributed by atoms with E-state index in [0.29, 0.717) is 5.57 Å². The Bertz CT molecular complexity index is 227. The van der Waals surface area contributed by atoms with Crippen LogP contribution in [-0.4, -0.2) is 22.3 Å². The normalized spacial score (nSPS) is 11.8. The summed E-state index contributed by atoms with van der Waals surface area (Å²) in [4.78, 5) is 10.3. The lowest BCUT2D eigenvalue weighted by molar-refractivity contribution is -0.144. The first-order valence-electron chi connectivity index (χ1n) is 5.49. The van der Waals surface area contributed by atoms with E-state index in [0.717, 1.165) is 0 Å². The van der Waals surface area contributed by atoms with Crippen molar-refractivity contribution in [3.05, 3.63) is 36.5 Å². The molecule has 0 amide bonds. The summed E-state index contributed by atoms with van der Waals surface area (Å²) < 4.78 is 0. The summed E-state index contributed by atoms with van der Waals surface area (Å²) in [7, 11) is 0. The highest BCUT2D eigenvalue weighted by Crippen LogP contribution is 2.04. The molecule has 2 N–H and O–H groups in total. The van der Waals surface area contributed by atoms with Gasteiger partial charge in [-0.25, -0.2) is 4.79 Å². The maximum absolute atomic E-state index is 10.3. The predicted molar refractivity (Wildman–Crippen MR) is 69.4 cm³/mol. The average Bonchev–Trinajstić information content (AvgIpc) is 2.34. The molecule has 94 valence electrons. The topological polar surface area (TPSA) is 57.5 Å². The van der Waals surface area contributed by atoms with E-state index in [-0.39, 0.29) is 0 Å². The summed E-state index contributed by atoms with van der Waals surface area (Å²) in [5.74, 6) is -1.25. The lowest BCUT2D eigenvalue weighted by Gasteiger charge is -2.04. The van der Waals surface area contributed by atoms with Crippen molar-refractivity contribution in [3.63, 3.8) is 0 Å². The third-order valence-corrected chi connectivity index (χ3v) is 1.31. The SMILES string of the molecule is C=C/C=C\C(=C/C)C(O)C(=O)O.CC.CC. The third kappa shape index (κ3) is 10.7. The van der Waals surface area contributed by atoms with Crippen LogP contribution < -0.4 is 0 Å². The van der Waals surface area contributed by atoms with Gasteiger partial charge in [0.15, 0.2) is 6.10 Å². The van der Waals surface area contributed by atoms with Crippen LogP contribution in [0.1, 0.15) is 34.6 Å². The minimum Gasteiger partial charge on any atom is -0.479 e. The molecule has 0 aromatic carbocycles. The Balaban J connectivity index is -0.000000376. The summed E-state index contributed by atoms with van der Waals surface area (Å²) >= 11 is 0. The van der Waals surface area contributed by atoms with Crippen molar-refractivity contribution in [1.29, 1.82) is 0 Å². The van der Waals surface area contributed by atoms with Crippen molar-refractivity contribution in [2.24, 2.45) is 0 Å². The van der Waals surface area contributed by atoms with E-state index < -0.39 is 12.1 Å². The monoisotopic (exact) mass is 228 g/mol. The van der Waals surface area contributed by atoms with Gasteiger partial charge in [-0.15, -0.1) is 0 Å². The average molecular weight is 228 g/mol. The van der Waals surface area contributed by atoms with Crippen LogP contribution >= 0.6 is 0 Å². The number of aliphatic hydroxyl groups is 1. The fourth-order valence-electron chi connectivity index (χ4n) is 0.667. The minimum absolute atomic E-state index is 0.349. The summed E-state index contributed by atoms with van der Waals surface area (Å²) in [6, 6.07) is 0. The second-order valence-electron chi connectivity index (χ2n) is 2.12. The standard InChI is InChI=1S/C9H12O3.2C2H6/c1-3-5-6-7(4-2)8(10)9(11)12;2*1-2/h3-6,8,10H,1H2,2H3,(H,11,12);2*1-2H3/b6-5-,7-4+;;. The van der Waals surface area contributed by atoms with Crippen molar-refractivity contribution in [1.82, 2.24) is 0 Å². The van der Waals surface area contributed by atoms with Crippen molar-refractivity contribution >= 4 is 5.97 Å². The number of aliphatic hydroxyl groups excluding tert-OH is 1. The molecule has 0 aliphatic heterocycles. The van der Waals surface area contributed by atoms with E-state index in [1.165, 1.54) is 12.2 Å². The smallest absolute Gasteiger partial charge is 0.337 e.